The van der Waals surface area contributed by atoms with Crippen LogP contribution >= 0.6 is 0 Å². The van der Waals surface area contributed by atoms with Crippen LogP contribution in [0.25, 0.3) is 11.6 Å². The monoisotopic (exact) mass is 364 g/mol. The summed E-state index contributed by atoms with van der Waals surface area (Å²) < 4.78 is 11.6. The SMILES string of the molecule is COc1cc(C(C)=Cc2ccc(C(=O)O)cc2)c(OC)c2c1[C@H]1CC[C@H]2C1. The summed E-state index contributed by atoms with van der Waals surface area (Å²) >= 11 is 0. The quantitative estimate of drug-likeness (QED) is 0.729. The Hall–Kier alpha value is -2.75. The van der Waals surface area contributed by atoms with Gasteiger partial charge in [-0.25, -0.2) is 4.79 Å². The average molecular weight is 364 g/mol. The van der Waals surface area contributed by atoms with Gasteiger partial charge in [0.15, 0.2) is 0 Å². The van der Waals surface area contributed by atoms with Crippen LogP contribution in [-0.4, -0.2) is 25.3 Å². The van der Waals surface area contributed by atoms with Crippen molar-refractivity contribution in [3.05, 3.63) is 58.1 Å². The summed E-state index contributed by atoms with van der Waals surface area (Å²) in [6, 6.07) is 9.00. The van der Waals surface area contributed by atoms with E-state index < -0.39 is 5.97 Å². The first-order chi connectivity index (χ1) is 13.0. The zero-order chi connectivity index (χ0) is 19.1. The normalized spacial score (nSPS) is 20.5. The fraction of sp³-hybridized carbons (Fsp3) is 0.348. The molecule has 2 bridgehead atoms. The Morgan fingerprint density at radius 3 is 2.33 bits per heavy atom. The Bertz CT molecular complexity index is 924. The van der Waals surface area contributed by atoms with E-state index >= 15 is 0 Å². The maximum absolute atomic E-state index is 11.0. The van der Waals surface area contributed by atoms with Gasteiger partial charge in [-0.15, -0.1) is 0 Å². The van der Waals surface area contributed by atoms with Crippen molar-refractivity contribution in [3.63, 3.8) is 0 Å². The van der Waals surface area contributed by atoms with Crippen molar-refractivity contribution in [1.82, 2.24) is 0 Å². The molecule has 0 radical (unpaired) electrons. The predicted molar refractivity (Wildman–Crippen MR) is 106 cm³/mol. The molecule has 0 unspecified atom stereocenters. The van der Waals surface area contributed by atoms with Crippen LogP contribution in [0.5, 0.6) is 11.5 Å². The molecule has 2 atom stereocenters. The Labute approximate surface area is 159 Å². The number of methoxy groups -OCH3 is 2. The van der Waals surface area contributed by atoms with Crippen LogP contribution in [0.4, 0.5) is 0 Å². The first-order valence-corrected chi connectivity index (χ1v) is 9.34. The van der Waals surface area contributed by atoms with E-state index in [0.717, 1.165) is 28.2 Å². The van der Waals surface area contributed by atoms with Crippen molar-refractivity contribution in [2.75, 3.05) is 14.2 Å². The molecule has 1 fully saturated rings. The zero-order valence-corrected chi connectivity index (χ0v) is 15.9. The van der Waals surface area contributed by atoms with E-state index in [4.69, 9.17) is 14.6 Å². The van der Waals surface area contributed by atoms with E-state index in [1.807, 2.05) is 12.1 Å². The van der Waals surface area contributed by atoms with Gasteiger partial charge in [0.2, 0.25) is 0 Å². The van der Waals surface area contributed by atoms with Gasteiger partial charge in [-0.1, -0.05) is 18.2 Å². The number of benzene rings is 2. The second kappa shape index (κ2) is 6.76. The number of carbonyl (C=O) groups is 1. The molecule has 0 heterocycles. The minimum absolute atomic E-state index is 0.289. The van der Waals surface area contributed by atoms with Crippen molar-refractivity contribution in [1.29, 1.82) is 0 Å². The van der Waals surface area contributed by atoms with Gasteiger partial charge in [0.05, 0.1) is 19.8 Å². The van der Waals surface area contributed by atoms with Crippen LogP contribution in [-0.2, 0) is 0 Å². The number of hydrogen-bond donors (Lipinski definition) is 1. The average Bonchev–Trinajstić information content (AvgIpc) is 3.29. The van der Waals surface area contributed by atoms with E-state index in [1.54, 1.807) is 26.4 Å². The molecular weight excluding hydrogens is 340 g/mol. The summed E-state index contributed by atoms with van der Waals surface area (Å²) in [5, 5.41) is 9.06. The van der Waals surface area contributed by atoms with Crippen molar-refractivity contribution < 1.29 is 19.4 Å². The molecule has 0 aliphatic heterocycles. The van der Waals surface area contributed by atoms with Crippen molar-refractivity contribution in [3.8, 4) is 11.5 Å². The molecule has 140 valence electrons. The first-order valence-electron chi connectivity index (χ1n) is 9.34. The highest BCUT2D eigenvalue weighted by molar-refractivity contribution is 5.89. The lowest BCUT2D eigenvalue weighted by Gasteiger charge is -2.24. The van der Waals surface area contributed by atoms with Crippen molar-refractivity contribution in [2.24, 2.45) is 0 Å². The van der Waals surface area contributed by atoms with Crippen molar-refractivity contribution >= 4 is 17.6 Å². The lowest BCUT2D eigenvalue weighted by Crippen LogP contribution is -2.06. The number of rotatable bonds is 5. The molecule has 2 aliphatic carbocycles. The molecular formula is C23H24O4. The van der Waals surface area contributed by atoms with Crippen LogP contribution in [0, 0.1) is 0 Å². The highest BCUT2D eigenvalue weighted by Crippen LogP contribution is 2.60. The lowest BCUT2D eigenvalue weighted by molar-refractivity contribution is 0.0697. The smallest absolute Gasteiger partial charge is 0.335 e. The van der Waals surface area contributed by atoms with Crippen LogP contribution < -0.4 is 9.47 Å². The third-order valence-electron chi connectivity index (χ3n) is 5.96. The fourth-order valence-corrected chi connectivity index (χ4v) is 4.74. The lowest BCUT2D eigenvalue weighted by atomic mass is 9.87. The number of carboxylic acid groups (broad SMARTS) is 1. The second-order valence-corrected chi connectivity index (χ2v) is 7.45. The van der Waals surface area contributed by atoms with Gasteiger partial charge >= 0.3 is 5.97 Å². The second-order valence-electron chi connectivity index (χ2n) is 7.45. The zero-order valence-electron chi connectivity index (χ0n) is 15.9. The van der Waals surface area contributed by atoms with Crippen LogP contribution in [0.15, 0.2) is 30.3 Å². The summed E-state index contributed by atoms with van der Waals surface area (Å²) in [5.41, 5.74) is 6.03. The van der Waals surface area contributed by atoms with Crippen LogP contribution in [0.3, 0.4) is 0 Å². The molecule has 0 saturated heterocycles. The summed E-state index contributed by atoms with van der Waals surface area (Å²) in [4.78, 5) is 11.0. The number of aromatic carboxylic acids is 1. The van der Waals surface area contributed by atoms with E-state index in [0.29, 0.717) is 11.8 Å². The van der Waals surface area contributed by atoms with E-state index in [9.17, 15) is 4.79 Å². The molecule has 2 aromatic carbocycles. The molecule has 2 aromatic rings. The van der Waals surface area contributed by atoms with Gasteiger partial charge in [-0.3, -0.25) is 0 Å². The number of fused-ring (bicyclic) bond motifs is 5. The van der Waals surface area contributed by atoms with Gasteiger partial charge in [0, 0.05) is 16.7 Å². The summed E-state index contributed by atoms with van der Waals surface area (Å²) in [6.07, 6.45) is 5.72. The Kier molecular flexibility index (Phi) is 4.42. The fourth-order valence-electron chi connectivity index (χ4n) is 4.74. The third kappa shape index (κ3) is 2.89. The Balaban J connectivity index is 1.79. The van der Waals surface area contributed by atoms with Crippen molar-refractivity contribution in [2.45, 2.75) is 38.0 Å². The highest BCUT2D eigenvalue weighted by Gasteiger charge is 2.42. The standard InChI is InChI=1S/C23H24O4/c1-13(10-14-4-6-15(7-5-14)23(24)25)18-12-19(26-2)20-16-8-9-17(11-16)21(20)22(18)27-3/h4-7,10,12,16-17H,8-9,11H2,1-3H3,(H,24,25)/t16-,17-/m0/s1. The Morgan fingerprint density at radius 2 is 1.74 bits per heavy atom. The summed E-state index contributed by atoms with van der Waals surface area (Å²) in [5.74, 6) is 2.17. The largest absolute Gasteiger partial charge is 0.496 e. The van der Waals surface area contributed by atoms with E-state index in [1.165, 1.54) is 30.4 Å². The van der Waals surface area contributed by atoms with Gasteiger partial charge < -0.3 is 14.6 Å². The van der Waals surface area contributed by atoms with Gasteiger partial charge in [0.25, 0.3) is 0 Å². The first kappa shape index (κ1) is 17.7. The van der Waals surface area contributed by atoms with Gasteiger partial charge in [0.1, 0.15) is 11.5 Å². The van der Waals surface area contributed by atoms with E-state index in [2.05, 4.69) is 19.1 Å². The molecule has 4 rings (SSSR count). The number of hydrogen-bond acceptors (Lipinski definition) is 3. The van der Waals surface area contributed by atoms with Gasteiger partial charge in [-0.05, 0) is 67.4 Å². The molecule has 1 N–H and O–H groups in total. The molecule has 2 aliphatic rings. The molecule has 4 nitrogen and oxygen atoms in total. The molecule has 27 heavy (non-hydrogen) atoms. The minimum atomic E-state index is -0.915. The number of allylic oxidation sites excluding steroid dienone is 1. The number of carboxylic acids is 1. The maximum atomic E-state index is 11.0. The molecule has 1 saturated carbocycles. The minimum Gasteiger partial charge on any atom is -0.496 e. The van der Waals surface area contributed by atoms with Gasteiger partial charge in [-0.2, -0.15) is 0 Å². The molecule has 0 spiro atoms. The highest BCUT2D eigenvalue weighted by atomic mass is 16.5. The third-order valence-corrected chi connectivity index (χ3v) is 5.96. The summed E-state index contributed by atoms with van der Waals surface area (Å²) in [6.45, 7) is 2.06. The maximum Gasteiger partial charge on any atom is 0.335 e. The van der Waals surface area contributed by atoms with Crippen LogP contribution in [0.1, 0.15) is 70.6 Å². The topological polar surface area (TPSA) is 55.8 Å². The van der Waals surface area contributed by atoms with Crippen LogP contribution in [0.2, 0.25) is 0 Å². The summed E-state index contributed by atoms with van der Waals surface area (Å²) in [7, 11) is 3.48. The Morgan fingerprint density at radius 1 is 1.07 bits per heavy atom. The molecule has 4 heteroatoms. The molecule has 0 aromatic heterocycles. The molecule has 0 amide bonds. The number of ether oxygens (including phenoxy) is 2. The predicted octanol–water partition coefficient (Wildman–Crippen LogP) is 5.33. The van der Waals surface area contributed by atoms with E-state index in [-0.39, 0.29) is 5.56 Å².